The van der Waals surface area contributed by atoms with E-state index in [1.807, 2.05) is 0 Å². The van der Waals surface area contributed by atoms with Crippen LogP contribution in [0.2, 0.25) is 0 Å². The van der Waals surface area contributed by atoms with Crippen LogP contribution in [0.4, 0.5) is 0 Å². The molecule has 3 atom stereocenters. The highest BCUT2D eigenvalue weighted by Gasteiger charge is 2.59. The molecule has 5 rings (SSSR count). The molecule has 0 saturated heterocycles. The Labute approximate surface area is 124 Å². The second-order valence-electron chi connectivity index (χ2n) is 7.99. The van der Waals surface area contributed by atoms with Gasteiger partial charge in [0.05, 0.1) is 5.41 Å². The molecule has 0 spiro atoms. The predicted octanol–water partition coefficient (Wildman–Crippen LogP) is 3.64. The molecule has 0 aliphatic heterocycles. The number of nitrogens with one attached hydrogen (secondary N) is 1. The molecule has 106 valence electrons. The number of alkyl halides is 1. The molecule has 19 heavy (non-hydrogen) atoms. The molecule has 1 N–H and O–H groups in total. The molecule has 0 radical (unpaired) electrons. The number of rotatable bonds is 3. The van der Waals surface area contributed by atoms with Crippen molar-refractivity contribution in [1.82, 2.24) is 5.32 Å². The Morgan fingerprint density at radius 2 is 1.84 bits per heavy atom. The van der Waals surface area contributed by atoms with E-state index in [0.29, 0.717) is 11.9 Å². The molecule has 0 aromatic rings. The summed E-state index contributed by atoms with van der Waals surface area (Å²) in [5, 5.41) is 3.36. The van der Waals surface area contributed by atoms with E-state index in [2.05, 4.69) is 28.2 Å². The van der Waals surface area contributed by atoms with Gasteiger partial charge < -0.3 is 5.32 Å². The number of hydrogen-bond acceptors (Lipinski definition) is 1. The van der Waals surface area contributed by atoms with Gasteiger partial charge in [0.1, 0.15) is 0 Å². The Balaban J connectivity index is 1.54. The van der Waals surface area contributed by atoms with Crippen LogP contribution in [0.1, 0.15) is 58.3 Å². The van der Waals surface area contributed by atoms with Crippen LogP contribution in [0.15, 0.2) is 0 Å². The third-order valence-electron chi connectivity index (χ3n) is 6.16. The second kappa shape index (κ2) is 3.99. The third-order valence-corrected chi connectivity index (χ3v) is 7.09. The van der Waals surface area contributed by atoms with E-state index in [-0.39, 0.29) is 9.74 Å². The van der Waals surface area contributed by atoms with Gasteiger partial charge in [0.2, 0.25) is 5.91 Å². The molecule has 0 aromatic carbocycles. The smallest absolute Gasteiger partial charge is 0.226 e. The zero-order valence-electron chi connectivity index (χ0n) is 11.8. The van der Waals surface area contributed by atoms with Gasteiger partial charge in [0, 0.05) is 10.4 Å². The zero-order valence-corrected chi connectivity index (χ0v) is 13.3. The lowest BCUT2D eigenvalue weighted by molar-refractivity contribution is -0.144. The first kappa shape index (κ1) is 12.7. The quantitative estimate of drug-likeness (QED) is 0.789. The maximum absolute atomic E-state index is 12.8. The van der Waals surface area contributed by atoms with Crippen molar-refractivity contribution in [3.8, 4) is 0 Å². The highest BCUT2D eigenvalue weighted by atomic mass is 79.9. The highest BCUT2D eigenvalue weighted by molar-refractivity contribution is 9.10. The van der Waals surface area contributed by atoms with E-state index in [0.717, 1.165) is 37.0 Å². The van der Waals surface area contributed by atoms with Gasteiger partial charge in [-0.25, -0.2) is 0 Å². The standard InChI is InChI=1S/C16H24BrNO/c1-10(13-2-3-13)18-14(19)15-5-11-4-12(6-15)8-16(17,7-11)9-15/h10-13H,2-9H2,1H3,(H,18,19). The average Bonchev–Trinajstić information content (AvgIpc) is 3.08. The van der Waals surface area contributed by atoms with Crippen LogP contribution in [-0.4, -0.2) is 16.3 Å². The summed E-state index contributed by atoms with van der Waals surface area (Å²) in [5.41, 5.74) is -0.0310. The lowest BCUT2D eigenvalue weighted by Crippen LogP contribution is -2.59. The minimum atomic E-state index is -0.0310. The van der Waals surface area contributed by atoms with Crippen molar-refractivity contribution in [3.63, 3.8) is 0 Å². The maximum Gasteiger partial charge on any atom is 0.226 e. The summed E-state index contributed by atoms with van der Waals surface area (Å²) >= 11 is 3.99. The Bertz CT molecular complexity index is 403. The topological polar surface area (TPSA) is 29.1 Å². The third kappa shape index (κ3) is 2.07. The summed E-state index contributed by atoms with van der Waals surface area (Å²) in [6, 6.07) is 0.395. The maximum atomic E-state index is 12.8. The van der Waals surface area contributed by atoms with Gasteiger partial charge in [-0.2, -0.15) is 0 Å². The molecule has 3 unspecified atom stereocenters. The van der Waals surface area contributed by atoms with Crippen LogP contribution in [0.5, 0.6) is 0 Å². The van der Waals surface area contributed by atoms with Crippen molar-refractivity contribution in [2.24, 2.45) is 23.2 Å². The average molecular weight is 326 g/mol. The van der Waals surface area contributed by atoms with Gasteiger partial charge in [-0.3, -0.25) is 4.79 Å². The van der Waals surface area contributed by atoms with Gasteiger partial charge in [0.15, 0.2) is 0 Å². The summed E-state index contributed by atoms with van der Waals surface area (Å²) in [6.07, 6.45) is 9.98. The van der Waals surface area contributed by atoms with Crippen LogP contribution in [0, 0.1) is 23.2 Å². The fraction of sp³-hybridized carbons (Fsp3) is 0.938. The first-order chi connectivity index (χ1) is 8.98. The minimum absolute atomic E-state index is 0.0310. The summed E-state index contributed by atoms with van der Waals surface area (Å²) in [4.78, 5) is 12.8. The molecule has 3 heteroatoms. The van der Waals surface area contributed by atoms with Crippen LogP contribution in [-0.2, 0) is 4.79 Å². The van der Waals surface area contributed by atoms with Gasteiger partial charge in [0.25, 0.3) is 0 Å². The Morgan fingerprint density at radius 3 is 2.37 bits per heavy atom. The molecule has 4 bridgehead atoms. The van der Waals surface area contributed by atoms with Crippen LogP contribution in [0.3, 0.4) is 0 Å². The number of amides is 1. The fourth-order valence-electron chi connectivity index (χ4n) is 5.49. The van der Waals surface area contributed by atoms with E-state index in [1.54, 1.807) is 0 Å². The normalized spacial score (nSPS) is 49.2. The molecule has 5 aliphatic carbocycles. The molecule has 5 aliphatic rings. The summed E-state index contributed by atoms with van der Waals surface area (Å²) in [5.74, 6) is 2.73. The van der Waals surface area contributed by atoms with Crippen molar-refractivity contribution in [3.05, 3.63) is 0 Å². The molecule has 0 heterocycles. The largest absolute Gasteiger partial charge is 0.353 e. The molecular formula is C16H24BrNO. The Hall–Kier alpha value is -0.0500. The lowest BCUT2D eigenvalue weighted by atomic mass is 9.49. The predicted molar refractivity (Wildman–Crippen MR) is 79.1 cm³/mol. The first-order valence-electron chi connectivity index (χ1n) is 7.98. The van der Waals surface area contributed by atoms with E-state index < -0.39 is 0 Å². The first-order valence-corrected chi connectivity index (χ1v) is 8.77. The molecule has 5 saturated carbocycles. The van der Waals surface area contributed by atoms with Crippen molar-refractivity contribution in [1.29, 1.82) is 0 Å². The van der Waals surface area contributed by atoms with Crippen molar-refractivity contribution < 1.29 is 4.79 Å². The van der Waals surface area contributed by atoms with E-state index in [4.69, 9.17) is 0 Å². The summed E-state index contributed by atoms with van der Waals surface area (Å²) in [7, 11) is 0. The monoisotopic (exact) mass is 325 g/mol. The molecule has 2 nitrogen and oxygen atoms in total. The summed E-state index contributed by atoms with van der Waals surface area (Å²) in [6.45, 7) is 2.19. The van der Waals surface area contributed by atoms with Gasteiger partial charge >= 0.3 is 0 Å². The number of carbonyl (C=O) groups is 1. The van der Waals surface area contributed by atoms with E-state index in [9.17, 15) is 4.79 Å². The van der Waals surface area contributed by atoms with Crippen LogP contribution in [0.25, 0.3) is 0 Å². The van der Waals surface area contributed by atoms with Crippen LogP contribution < -0.4 is 5.32 Å². The number of carbonyl (C=O) groups excluding carboxylic acids is 1. The molecule has 0 aromatic heterocycles. The van der Waals surface area contributed by atoms with E-state index in [1.165, 1.54) is 32.1 Å². The van der Waals surface area contributed by atoms with Crippen molar-refractivity contribution >= 4 is 21.8 Å². The van der Waals surface area contributed by atoms with Gasteiger partial charge in [-0.15, -0.1) is 0 Å². The summed E-state index contributed by atoms with van der Waals surface area (Å²) < 4.78 is 0.289. The van der Waals surface area contributed by atoms with Crippen molar-refractivity contribution in [2.45, 2.75) is 68.7 Å². The van der Waals surface area contributed by atoms with Crippen LogP contribution >= 0.6 is 15.9 Å². The molecular weight excluding hydrogens is 302 g/mol. The fourth-order valence-corrected chi connectivity index (χ4v) is 6.94. The SMILES string of the molecule is CC(NC(=O)C12CC3CC(CC(Br)(C3)C1)C2)C1CC1. The van der Waals surface area contributed by atoms with Gasteiger partial charge in [-0.1, -0.05) is 15.9 Å². The number of hydrogen-bond donors (Lipinski definition) is 1. The lowest BCUT2D eigenvalue weighted by Gasteiger charge is -2.59. The van der Waals surface area contributed by atoms with Crippen molar-refractivity contribution in [2.75, 3.05) is 0 Å². The van der Waals surface area contributed by atoms with E-state index >= 15 is 0 Å². The highest BCUT2D eigenvalue weighted by Crippen LogP contribution is 2.64. The Morgan fingerprint density at radius 1 is 1.21 bits per heavy atom. The zero-order chi connectivity index (χ0) is 13.3. The van der Waals surface area contributed by atoms with Gasteiger partial charge in [-0.05, 0) is 76.0 Å². The Kier molecular flexibility index (Phi) is 2.66. The minimum Gasteiger partial charge on any atom is -0.353 e. The number of halogens is 1. The second-order valence-corrected chi connectivity index (χ2v) is 9.67. The molecule has 5 fully saturated rings. The molecule has 1 amide bonds.